The monoisotopic (exact) mass is 373 g/mol. The lowest BCUT2D eigenvalue weighted by molar-refractivity contribution is -0.132. The molecule has 0 spiro atoms. The summed E-state index contributed by atoms with van der Waals surface area (Å²) < 4.78 is 26.1. The van der Waals surface area contributed by atoms with Crippen molar-refractivity contribution >= 4 is 17.5 Å². The van der Waals surface area contributed by atoms with Gasteiger partial charge in [-0.25, -0.2) is 8.78 Å². The SMILES string of the molecule is O=C(CN1CCN(C(=O)Cc2ccc(F)cc2)CC1)Nc1cccc(F)c1. The van der Waals surface area contributed by atoms with Crippen molar-refractivity contribution in [2.75, 3.05) is 38.0 Å². The molecule has 0 radical (unpaired) electrons. The Morgan fingerprint density at radius 3 is 2.30 bits per heavy atom. The van der Waals surface area contributed by atoms with E-state index in [1.807, 2.05) is 4.90 Å². The highest BCUT2D eigenvalue weighted by Crippen LogP contribution is 2.11. The van der Waals surface area contributed by atoms with Crippen molar-refractivity contribution in [1.82, 2.24) is 9.80 Å². The molecule has 0 bridgehead atoms. The summed E-state index contributed by atoms with van der Waals surface area (Å²) in [5, 5.41) is 2.67. The Kier molecular flexibility index (Phi) is 6.13. The Morgan fingerprint density at radius 1 is 0.926 bits per heavy atom. The minimum Gasteiger partial charge on any atom is -0.340 e. The second-order valence-corrected chi connectivity index (χ2v) is 6.52. The molecule has 1 fully saturated rings. The minimum atomic E-state index is -0.402. The van der Waals surface area contributed by atoms with Crippen molar-refractivity contribution in [2.24, 2.45) is 0 Å². The lowest BCUT2D eigenvalue weighted by atomic mass is 10.1. The fourth-order valence-corrected chi connectivity index (χ4v) is 3.01. The summed E-state index contributed by atoms with van der Waals surface area (Å²) in [6.45, 7) is 2.44. The van der Waals surface area contributed by atoms with Gasteiger partial charge in [0.05, 0.1) is 13.0 Å². The van der Waals surface area contributed by atoms with Crippen molar-refractivity contribution in [3.05, 3.63) is 65.7 Å². The van der Waals surface area contributed by atoms with E-state index in [2.05, 4.69) is 5.32 Å². The highest BCUT2D eigenvalue weighted by atomic mass is 19.1. The first-order valence-electron chi connectivity index (χ1n) is 8.79. The van der Waals surface area contributed by atoms with Crippen LogP contribution in [0, 0.1) is 11.6 Å². The minimum absolute atomic E-state index is 0.00882. The van der Waals surface area contributed by atoms with Crippen molar-refractivity contribution in [3.63, 3.8) is 0 Å². The highest BCUT2D eigenvalue weighted by Gasteiger charge is 2.22. The molecule has 1 N–H and O–H groups in total. The Balaban J connectivity index is 1.43. The van der Waals surface area contributed by atoms with Gasteiger partial charge in [-0.05, 0) is 35.9 Å². The van der Waals surface area contributed by atoms with E-state index in [0.29, 0.717) is 31.9 Å². The molecule has 0 aromatic heterocycles. The van der Waals surface area contributed by atoms with Crippen molar-refractivity contribution in [2.45, 2.75) is 6.42 Å². The quantitative estimate of drug-likeness (QED) is 0.875. The molecule has 1 heterocycles. The number of carbonyl (C=O) groups excluding carboxylic acids is 2. The third-order valence-corrected chi connectivity index (χ3v) is 4.47. The summed E-state index contributed by atoms with van der Waals surface area (Å²) in [7, 11) is 0. The van der Waals surface area contributed by atoms with Crippen LogP contribution in [0.4, 0.5) is 14.5 Å². The van der Waals surface area contributed by atoms with Crippen LogP contribution in [0.2, 0.25) is 0 Å². The average molecular weight is 373 g/mol. The lowest BCUT2D eigenvalue weighted by Crippen LogP contribution is -2.50. The van der Waals surface area contributed by atoms with E-state index < -0.39 is 5.82 Å². The summed E-state index contributed by atoms with van der Waals surface area (Å²) in [6.07, 6.45) is 0.236. The first-order chi connectivity index (χ1) is 13.0. The number of nitrogens with one attached hydrogen (secondary N) is 1. The molecular weight excluding hydrogens is 352 g/mol. The molecule has 2 aromatic rings. The molecule has 2 aromatic carbocycles. The van der Waals surface area contributed by atoms with E-state index in [-0.39, 0.29) is 30.6 Å². The van der Waals surface area contributed by atoms with Gasteiger partial charge >= 0.3 is 0 Å². The fraction of sp³-hybridized carbons (Fsp3) is 0.300. The van der Waals surface area contributed by atoms with Gasteiger partial charge in [-0.2, -0.15) is 0 Å². The Labute approximate surface area is 156 Å². The van der Waals surface area contributed by atoms with Gasteiger partial charge in [0, 0.05) is 31.9 Å². The maximum Gasteiger partial charge on any atom is 0.238 e. The predicted molar refractivity (Wildman–Crippen MR) is 98.2 cm³/mol. The van der Waals surface area contributed by atoms with Gasteiger partial charge in [-0.1, -0.05) is 18.2 Å². The smallest absolute Gasteiger partial charge is 0.238 e. The summed E-state index contributed by atoms with van der Waals surface area (Å²) in [4.78, 5) is 28.2. The van der Waals surface area contributed by atoms with Crippen LogP contribution in [-0.4, -0.2) is 54.3 Å². The average Bonchev–Trinajstić information content (AvgIpc) is 2.64. The van der Waals surface area contributed by atoms with Crippen LogP contribution < -0.4 is 5.32 Å². The molecule has 1 saturated heterocycles. The number of benzene rings is 2. The molecule has 1 aliphatic rings. The zero-order valence-corrected chi connectivity index (χ0v) is 14.8. The van der Waals surface area contributed by atoms with Crippen LogP contribution in [-0.2, 0) is 16.0 Å². The summed E-state index contributed by atoms with van der Waals surface area (Å²) in [5.41, 5.74) is 1.20. The number of nitrogens with zero attached hydrogens (tertiary/aromatic N) is 2. The third-order valence-electron chi connectivity index (χ3n) is 4.47. The number of halogens is 2. The van der Waals surface area contributed by atoms with Crippen molar-refractivity contribution in [3.8, 4) is 0 Å². The topological polar surface area (TPSA) is 52.7 Å². The highest BCUT2D eigenvalue weighted by molar-refractivity contribution is 5.92. The number of piperazine rings is 1. The molecule has 2 amide bonds. The molecule has 0 saturated carbocycles. The Bertz CT molecular complexity index is 803. The molecule has 7 heteroatoms. The Morgan fingerprint density at radius 2 is 1.63 bits per heavy atom. The number of anilines is 1. The van der Waals surface area contributed by atoms with Gasteiger partial charge < -0.3 is 10.2 Å². The maximum atomic E-state index is 13.2. The van der Waals surface area contributed by atoms with E-state index in [1.54, 1.807) is 23.1 Å². The van der Waals surface area contributed by atoms with Gasteiger partial charge in [0.25, 0.3) is 0 Å². The van der Waals surface area contributed by atoms with Crippen LogP contribution in [0.3, 0.4) is 0 Å². The summed E-state index contributed by atoms with van der Waals surface area (Å²) in [6, 6.07) is 11.7. The van der Waals surface area contributed by atoms with Crippen LogP contribution in [0.25, 0.3) is 0 Å². The number of carbonyl (C=O) groups is 2. The first-order valence-corrected chi connectivity index (χ1v) is 8.79. The van der Waals surface area contributed by atoms with Gasteiger partial charge in [0.2, 0.25) is 11.8 Å². The molecule has 142 valence electrons. The summed E-state index contributed by atoms with van der Waals surface area (Å²) in [5.74, 6) is -0.949. The van der Waals surface area contributed by atoms with Crippen LogP contribution in [0.1, 0.15) is 5.56 Å². The predicted octanol–water partition coefficient (Wildman–Crippen LogP) is 2.29. The lowest BCUT2D eigenvalue weighted by Gasteiger charge is -2.34. The summed E-state index contributed by atoms with van der Waals surface area (Å²) >= 11 is 0. The van der Waals surface area contributed by atoms with Gasteiger partial charge in [-0.3, -0.25) is 14.5 Å². The zero-order valence-electron chi connectivity index (χ0n) is 14.8. The van der Waals surface area contributed by atoms with Gasteiger partial charge in [0.15, 0.2) is 0 Å². The third kappa shape index (κ3) is 5.59. The molecule has 1 aliphatic heterocycles. The zero-order chi connectivity index (χ0) is 19.2. The standard InChI is InChI=1S/C20H21F2N3O2/c21-16-6-4-15(5-7-16)12-20(27)25-10-8-24(9-11-25)14-19(26)23-18-3-1-2-17(22)13-18/h1-7,13H,8-12,14H2,(H,23,26). The van der Waals surface area contributed by atoms with Crippen LogP contribution in [0.15, 0.2) is 48.5 Å². The normalized spacial score (nSPS) is 14.8. The number of hydrogen-bond donors (Lipinski definition) is 1. The number of hydrogen-bond acceptors (Lipinski definition) is 3. The van der Waals surface area contributed by atoms with E-state index in [0.717, 1.165) is 5.56 Å². The van der Waals surface area contributed by atoms with Gasteiger partial charge in [-0.15, -0.1) is 0 Å². The molecule has 0 atom stereocenters. The van der Waals surface area contributed by atoms with E-state index in [1.165, 1.54) is 30.3 Å². The van der Waals surface area contributed by atoms with Crippen molar-refractivity contribution in [1.29, 1.82) is 0 Å². The van der Waals surface area contributed by atoms with E-state index in [9.17, 15) is 18.4 Å². The molecule has 0 aliphatic carbocycles. The second kappa shape index (κ2) is 8.73. The van der Waals surface area contributed by atoms with Crippen LogP contribution in [0.5, 0.6) is 0 Å². The first kappa shape index (κ1) is 19.0. The van der Waals surface area contributed by atoms with Gasteiger partial charge in [0.1, 0.15) is 11.6 Å². The maximum absolute atomic E-state index is 13.2. The van der Waals surface area contributed by atoms with Crippen molar-refractivity contribution < 1.29 is 18.4 Å². The molecular formula is C20H21F2N3O2. The number of amides is 2. The molecule has 27 heavy (non-hydrogen) atoms. The Hall–Kier alpha value is -2.80. The second-order valence-electron chi connectivity index (χ2n) is 6.52. The molecule has 0 unspecified atom stereocenters. The van der Waals surface area contributed by atoms with Crippen LogP contribution >= 0.6 is 0 Å². The molecule has 5 nitrogen and oxygen atoms in total. The number of rotatable bonds is 5. The molecule has 3 rings (SSSR count). The largest absolute Gasteiger partial charge is 0.340 e. The van der Waals surface area contributed by atoms with E-state index >= 15 is 0 Å². The van der Waals surface area contributed by atoms with E-state index in [4.69, 9.17) is 0 Å². The fourth-order valence-electron chi connectivity index (χ4n) is 3.01.